The maximum Gasteiger partial charge on any atom is 0.243 e. The van der Waals surface area contributed by atoms with Crippen molar-refractivity contribution in [3.63, 3.8) is 0 Å². The van der Waals surface area contributed by atoms with E-state index in [-0.39, 0.29) is 41.8 Å². The van der Waals surface area contributed by atoms with Crippen molar-refractivity contribution in [1.29, 1.82) is 5.26 Å². The van der Waals surface area contributed by atoms with Crippen LogP contribution in [0.5, 0.6) is 0 Å². The summed E-state index contributed by atoms with van der Waals surface area (Å²) in [5.74, 6) is 0.0625. The van der Waals surface area contributed by atoms with Crippen LogP contribution in [-0.2, 0) is 14.9 Å². The van der Waals surface area contributed by atoms with Crippen LogP contribution in [0.2, 0.25) is 25.7 Å². The van der Waals surface area contributed by atoms with Gasteiger partial charge in [0, 0.05) is 44.5 Å². The molecule has 1 saturated heterocycles. The molecule has 5 nitrogen and oxygen atoms in total. The van der Waals surface area contributed by atoms with Crippen molar-refractivity contribution in [2.45, 2.75) is 37.1 Å². The summed E-state index contributed by atoms with van der Waals surface area (Å²) in [6, 6.07) is 11.8. The quantitative estimate of drug-likeness (QED) is 0.375. The van der Waals surface area contributed by atoms with Crippen LogP contribution in [0.15, 0.2) is 49.1 Å². The second-order valence-corrected chi connectivity index (χ2v) is 16.8. The molecule has 1 saturated carbocycles. The average molecular weight is 448 g/mol. The van der Waals surface area contributed by atoms with Crippen LogP contribution in [0.4, 0.5) is 5.69 Å². The molecule has 1 aromatic rings. The minimum Gasteiger partial charge on any atom is -0.361 e. The van der Waals surface area contributed by atoms with Gasteiger partial charge in [-0.2, -0.15) is 5.26 Å². The highest BCUT2D eigenvalue weighted by Gasteiger charge is 2.75. The number of amides is 1. The fourth-order valence-corrected chi connectivity index (χ4v) is 7.77. The van der Waals surface area contributed by atoms with E-state index in [0.717, 1.165) is 23.8 Å². The highest BCUT2D eigenvalue weighted by molar-refractivity contribution is 6.76. The third-order valence-corrected chi connectivity index (χ3v) is 10.1. The molecule has 1 spiro atoms. The molecule has 5 rings (SSSR count). The van der Waals surface area contributed by atoms with E-state index >= 15 is 0 Å². The number of fused-ring (bicyclic) bond motifs is 2. The Bertz CT molecular complexity index is 1040. The normalized spacial score (nSPS) is 37.2. The van der Waals surface area contributed by atoms with Crippen LogP contribution in [0.1, 0.15) is 5.56 Å². The predicted octanol–water partition coefficient (Wildman–Crippen LogP) is 4.03. The molecule has 2 fully saturated rings. The molecule has 6 atom stereocenters. The van der Waals surface area contributed by atoms with Crippen LogP contribution < -0.4 is 4.90 Å². The number of hydrogen-bond acceptors (Lipinski definition) is 4. The van der Waals surface area contributed by atoms with Gasteiger partial charge in [0.2, 0.25) is 5.91 Å². The van der Waals surface area contributed by atoms with Crippen molar-refractivity contribution in [3.8, 4) is 6.07 Å². The van der Waals surface area contributed by atoms with Gasteiger partial charge in [-0.05, 0) is 24.7 Å². The molecule has 2 heterocycles. The number of nitriles is 1. The molecule has 2 aliphatic carbocycles. The van der Waals surface area contributed by atoms with E-state index in [1.54, 1.807) is 0 Å². The number of rotatable bonds is 6. The Labute approximate surface area is 192 Å². The molecule has 1 amide bonds. The molecule has 4 aliphatic rings. The Balaban J connectivity index is 1.56. The molecule has 0 radical (unpaired) electrons. The van der Waals surface area contributed by atoms with Crippen molar-refractivity contribution in [1.82, 2.24) is 4.90 Å². The minimum absolute atomic E-state index is 0.00205. The largest absolute Gasteiger partial charge is 0.361 e. The zero-order valence-electron chi connectivity index (χ0n) is 19.5. The second-order valence-electron chi connectivity index (χ2n) is 11.2. The number of nitrogens with zero attached hydrogens (tertiary/aromatic N) is 3. The number of carbonyl (C=O) groups excluding carboxylic acids is 1. The first kappa shape index (κ1) is 21.6. The lowest BCUT2D eigenvalue weighted by molar-refractivity contribution is -0.125. The number of benzene rings is 1. The molecule has 4 bridgehead atoms. The second kappa shape index (κ2) is 7.15. The minimum atomic E-state index is -1.20. The third-order valence-electron chi connectivity index (χ3n) is 8.37. The summed E-state index contributed by atoms with van der Waals surface area (Å²) in [6.07, 6.45) is 6.32. The average Bonchev–Trinajstić information content (AvgIpc) is 3.24. The summed E-state index contributed by atoms with van der Waals surface area (Å²) in [4.78, 5) is 18.4. The molecule has 168 valence electrons. The molecular formula is C26H33N3O2Si. The van der Waals surface area contributed by atoms with Crippen molar-refractivity contribution < 1.29 is 9.53 Å². The van der Waals surface area contributed by atoms with Gasteiger partial charge >= 0.3 is 0 Å². The van der Waals surface area contributed by atoms with Crippen molar-refractivity contribution in [2.24, 2.45) is 23.2 Å². The summed E-state index contributed by atoms with van der Waals surface area (Å²) in [7, 11) is 0.884. The molecule has 0 aromatic heterocycles. The van der Waals surface area contributed by atoms with E-state index in [0.29, 0.717) is 6.61 Å². The van der Waals surface area contributed by atoms with Gasteiger partial charge in [0.25, 0.3) is 0 Å². The van der Waals surface area contributed by atoms with Crippen LogP contribution in [0, 0.1) is 34.5 Å². The van der Waals surface area contributed by atoms with Gasteiger partial charge in [0.15, 0.2) is 0 Å². The topological polar surface area (TPSA) is 56.6 Å². The lowest BCUT2D eigenvalue weighted by Gasteiger charge is -2.44. The van der Waals surface area contributed by atoms with Crippen LogP contribution in [0.3, 0.4) is 0 Å². The van der Waals surface area contributed by atoms with Gasteiger partial charge in [-0.1, -0.05) is 56.1 Å². The van der Waals surface area contributed by atoms with E-state index in [1.165, 1.54) is 0 Å². The molecule has 0 unspecified atom stereocenters. The number of anilines is 1. The van der Waals surface area contributed by atoms with Crippen LogP contribution in [-0.4, -0.2) is 51.9 Å². The highest BCUT2D eigenvalue weighted by atomic mass is 28.3. The van der Waals surface area contributed by atoms with E-state index in [9.17, 15) is 10.1 Å². The Morgan fingerprint density at radius 1 is 1.34 bits per heavy atom. The molecule has 2 aliphatic heterocycles. The number of para-hydroxylation sites is 1. The van der Waals surface area contributed by atoms with E-state index in [1.807, 2.05) is 29.2 Å². The summed E-state index contributed by atoms with van der Waals surface area (Å²) in [6.45, 7) is 13.0. The fraction of sp³-hybridized carbons (Fsp3) is 0.538. The third kappa shape index (κ3) is 2.65. The Morgan fingerprint density at radius 3 is 2.78 bits per heavy atom. The summed E-state index contributed by atoms with van der Waals surface area (Å²) < 4.78 is 6.05. The maximum atomic E-state index is 14.3. The summed E-state index contributed by atoms with van der Waals surface area (Å²) >= 11 is 0. The number of ether oxygens (including phenoxy) is 1. The summed E-state index contributed by atoms with van der Waals surface area (Å²) in [5.41, 5.74) is 0.940. The van der Waals surface area contributed by atoms with E-state index in [4.69, 9.17) is 4.74 Å². The Morgan fingerprint density at radius 2 is 2.09 bits per heavy atom. The maximum absolute atomic E-state index is 14.3. The SMILES string of the molecule is C=C[C@]12CN(C)[C@@H]3[C@@H](C#N)[C@H]1C=C[C@]1(C(=O)N(COCC[Si](C)(C)C)c4ccccc41)[C@@H]32. The predicted molar refractivity (Wildman–Crippen MR) is 129 cm³/mol. The first-order chi connectivity index (χ1) is 15.2. The smallest absolute Gasteiger partial charge is 0.243 e. The first-order valence-electron chi connectivity index (χ1n) is 11.6. The van der Waals surface area contributed by atoms with Gasteiger partial charge in [-0.15, -0.1) is 6.58 Å². The Kier molecular flexibility index (Phi) is 4.83. The van der Waals surface area contributed by atoms with Gasteiger partial charge in [0.1, 0.15) is 6.73 Å². The molecule has 32 heavy (non-hydrogen) atoms. The molecular weight excluding hydrogens is 414 g/mol. The highest BCUT2D eigenvalue weighted by Crippen LogP contribution is 2.69. The van der Waals surface area contributed by atoms with E-state index < -0.39 is 13.5 Å². The zero-order chi connectivity index (χ0) is 22.9. The summed E-state index contributed by atoms with van der Waals surface area (Å²) in [5, 5.41) is 10.1. The van der Waals surface area contributed by atoms with Gasteiger partial charge in [-0.25, -0.2) is 0 Å². The van der Waals surface area contributed by atoms with Crippen LogP contribution >= 0.6 is 0 Å². The van der Waals surface area contributed by atoms with Crippen molar-refractivity contribution in [2.75, 3.05) is 31.8 Å². The zero-order valence-corrected chi connectivity index (χ0v) is 20.5. The number of piperidine rings is 1. The van der Waals surface area contributed by atoms with Crippen molar-refractivity contribution >= 4 is 19.7 Å². The van der Waals surface area contributed by atoms with Gasteiger partial charge in [-0.3, -0.25) is 9.69 Å². The first-order valence-corrected chi connectivity index (χ1v) is 15.3. The van der Waals surface area contributed by atoms with E-state index in [2.05, 4.69) is 62.5 Å². The van der Waals surface area contributed by atoms with Crippen molar-refractivity contribution in [3.05, 3.63) is 54.6 Å². The molecule has 1 aromatic carbocycles. The van der Waals surface area contributed by atoms with Gasteiger partial charge in [0.05, 0.1) is 23.1 Å². The standard InChI is InChI=1S/C26H33N3O2Si/c1-6-25-16-28(2)22-18(15-27)19(25)11-12-26(23(22)25)20-9-7-8-10-21(20)29(24(26)30)17-31-13-14-32(3,4)5/h6-12,18-19,22-23H,1,13-14,16-17H2,2-5H3/t18-,19+,22+,23-,25-,26+/m0/s1. The number of likely N-dealkylation sites (tertiary alicyclic amines) is 1. The number of carbonyl (C=O) groups is 1. The Hall–Kier alpha value is -2.20. The molecule has 6 heteroatoms. The molecule has 0 N–H and O–H groups in total. The van der Waals surface area contributed by atoms with Gasteiger partial charge < -0.3 is 9.64 Å². The number of hydrogen-bond donors (Lipinski definition) is 0. The number of allylic oxidation sites excluding steroid dienone is 1. The lowest BCUT2D eigenvalue weighted by atomic mass is 9.56. The fourth-order valence-electron chi connectivity index (χ4n) is 7.02. The monoisotopic (exact) mass is 447 g/mol. The lowest BCUT2D eigenvalue weighted by Crippen LogP contribution is -2.52. The van der Waals surface area contributed by atoms with Crippen LogP contribution in [0.25, 0.3) is 0 Å².